The molecule has 0 aromatic rings. The van der Waals surface area contributed by atoms with Gasteiger partial charge in [0.15, 0.2) is 0 Å². The van der Waals surface area contributed by atoms with Crippen LogP contribution in [0.3, 0.4) is 0 Å². The van der Waals surface area contributed by atoms with E-state index in [9.17, 15) is 0 Å². The van der Waals surface area contributed by atoms with Gasteiger partial charge in [0.2, 0.25) is 0 Å². The Morgan fingerprint density at radius 3 is 2.45 bits per heavy atom. The maximum atomic E-state index is 5.83. The first-order valence-electron chi connectivity index (χ1n) is 4.07. The minimum atomic E-state index is -0.0139. The van der Waals surface area contributed by atoms with Crippen LogP contribution < -0.4 is 5.73 Å². The summed E-state index contributed by atoms with van der Waals surface area (Å²) in [6.07, 6.45) is 2.24. The molecule has 0 amide bonds. The number of hydrogen-bond acceptors (Lipinski definition) is 2. The first-order valence-corrected chi connectivity index (χ1v) is 4.07. The zero-order chi connectivity index (χ0) is 8.85. The Kier molecular flexibility index (Phi) is 5.16. The van der Waals surface area contributed by atoms with Crippen molar-refractivity contribution in [3.05, 3.63) is 12.2 Å². The third-order valence-electron chi connectivity index (χ3n) is 1.85. The van der Waals surface area contributed by atoms with Crippen molar-refractivity contribution in [2.24, 2.45) is 5.73 Å². The van der Waals surface area contributed by atoms with E-state index in [2.05, 4.69) is 13.5 Å². The number of rotatable bonds is 5. The van der Waals surface area contributed by atoms with E-state index in [1.165, 1.54) is 0 Å². The second-order valence-corrected chi connectivity index (χ2v) is 2.93. The third kappa shape index (κ3) is 3.54. The fraction of sp³-hybridized carbons (Fsp3) is 0.778. The number of nitrogens with two attached hydrogens (primary N) is 1. The van der Waals surface area contributed by atoms with E-state index in [1.54, 1.807) is 7.11 Å². The van der Waals surface area contributed by atoms with Crippen molar-refractivity contribution in [2.45, 2.75) is 38.8 Å². The minimum absolute atomic E-state index is 0.0139. The van der Waals surface area contributed by atoms with Crippen LogP contribution in [0.5, 0.6) is 0 Å². The Bertz CT molecular complexity index is 123. The fourth-order valence-corrected chi connectivity index (χ4v) is 1.05. The van der Waals surface area contributed by atoms with Gasteiger partial charge in [-0.3, -0.25) is 0 Å². The van der Waals surface area contributed by atoms with Gasteiger partial charge in [0.25, 0.3) is 0 Å². The molecule has 2 N–H and O–H groups in total. The van der Waals surface area contributed by atoms with Crippen LogP contribution in [-0.2, 0) is 4.74 Å². The molecule has 0 bridgehead atoms. The normalized spacial score (nSPS) is 16.0. The van der Waals surface area contributed by atoms with Gasteiger partial charge >= 0.3 is 0 Å². The Labute approximate surface area is 69.4 Å². The molecule has 0 saturated carbocycles. The standard InChI is InChI=1S/C9H19NO/c1-5-6-8(11-4)9(10)7(2)3/h8-9H,2,5-6,10H2,1,3-4H3. The van der Waals surface area contributed by atoms with Crippen LogP contribution in [0.2, 0.25) is 0 Å². The largest absolute Gasteiger partial charge is 0.379 e. The summed E-state index contributed by atoms with van der Waals surface area (Å²) >= 11 is 0. The molecule has 0 spiro atoms. The number of hydrogen-bond donors (Lipinski definition) is 1. The van der Waals surface area contributed by atoms with Gasteiger partial charge < -0.3 is 10.5 Å². The second kappa shape index (κ2) is 5.33. The van der Waals surface area contributed by atoms with Crippen molar-refractivity contribution in [2.75, 3.05) is 7.11 Å². The molecule has 0 saturated heterocycles. The predicted octanol–water partition coefficient (Wildman–Crippen LogP) is 1.70. The van der Waals surface area contributed by atoms with Gasteiger partial charge in [-0.15, -0.1) is 0 Å². The van der Waals surface area contributed by atoms with Gasteiger partial charge in [0.1, 0.15) is 0 Å². The van der Waals surface area contributed by atoms with Gasteiger partial charge in [-0.05, 0) is 13.3 Å². The Morgan fingerprint density at radius 2 is 2.18 bits per heavy atom. The quantitative estimate of drug-likeness (QED) is 0.616. The van der Waals surface area contributed by atoms with E-state index in [1.807, 2.05) is 6.92 Å². The van der Waals surface area contributed by atoms with Crippen molar-refractivity contribution < 1.29 is 4.74 Å². The van der Waals surface area contributed by atoms with E-state index < -0.39 is 0 Å². The molecule has 0 heterocycles. The van der Waals surface area contributed by atoms with Crippen LogP contribution >= 0.6 is 0 Å². The van der Waals surface area contributed by atoms with Crippen molar-refractivity contribution >= 4 is 0 Å². The molecule has 0 aliphatic heterocycles. The summed E-state index contributed by atoms with van der Waals surface area (Å²) in [5.41, 5.74) is 6.82. The lowest BCUT2D eigenvalue weighted by Gasteiger charge is -2.21. The predicted molar refractivity (Wildman–Crippen MR) is 48.5 cm³/mol. The van der Waals surface area contributed by atoms with E-state index in [-0.39, 0.29) is 12.1 Å². The summed E-state index contributed by atoms with van der Waals surface area (Å²) < 4.78 is 5.23. The van der Waals surface area contributed by atoms with Crippen molar-refractivity contribution in [1.82, 2.24) is 0 Å². The lowest BCUT2D eigenvalue weighted by Crippen LogP contribution is -2.36. The monoisotopic (exact) mass is 157 g/mol. The van der Waals surface area contributed by atoms with Crippen LogP contribution in [-0.4, -0.2) is 19.3 Å². The van der Waals surface area contributed by atoms with Crippen LogP contribution in [0, 0.1) is 0 Å². The molecule has 2 unspecified atom stereocenters. The van der Waals surface area contributed by atoms with Crippen molar-refractivity contribution in [3.63, 3.8) is 0 Å². The lowest BCUT2D eigenvalue weighted by molar-refractivity contribution is 0.0818. The third-order valence-corrected chi connectivity index (χ3v) is 1.85. The zero-order valence-corrected chi connectivity index (χ0v) is 7.76. The highest BCUT2D eigenvalue weighted by Gasteiger charge is 2.15. The minimum Gasteiger partial charge on any atom is -0.379 e. The Morgan fingerprint density at radius 1 is 1.64 bits per heavy atom. The average Bonchev–Trinajstić information content (AvgIpc) is 1.98. The lowest BCUT2D eigenvalue weighted by atomic mass is 10.0. The molecule has 0 aromatic heterocycles. The Hall–Kier alpha value is -0.340. The van der Waals surface area contributed by atoms with E-state index in [4.69, 9.17) is 10.5 Å². The SMILES string of the molecule is C=C(C)C(N)C(CCC)OC. The maximum Gasteiger partial charge on any atom is 0.0760 e. The number of ether oxygens (including phenoxy) is 1. The van der Waals surface area contributed by atoms with Gasteiger partial charge in [-0.1, -0.05) is 25.5 Å². The maximum absolute atomic E-state index is 5.83. The summed E-state index contributed by atoms with van der Waals surface area (Å²) in [4.78, 5) is 0. The summed E-state index contributed by atoms with van der Waals surface area (Å²) in [5, 5.41) is 0. The van der Waals surface area contributed by atoms with Crippen LogP contribution in [0.15, 0.2) is 12.2 Å². The molecule has 2 nitrogen and oxygen atoms in total. The van der Waals surface area contributed by atoms with Crippen molar-refractivity contribution in [3.8, 4) is 0 Å². The summed E-state index contributed by atoms with van der Waals surface area (Å²) in [6.45, 7) is 7.86. The molecule has 66 valence electrons. The highest BCUT2D eigenvalue weighted by Crippen LogP contribution is 2.09. The van der Waals surface area contributed by atoms with E-state index in [0.717, 1.165) is 18.4 Å². The van der Waals surface area contributed by atoms with Crippen LogP contribution in [0.1, 0.15) is 26.7 Å². The van der Waals surface area contributed by atoms with Crippen LogP contribution in [0.4, 0.5) is 0 Å². The molecule has 0 radical (unpaired) electrons. The first kappa shape index (κ1) is 10.7. The first-order chi connectivity index (χ1) is 5.13. The van der Waals surface area contributed by atoms with Gasteiger partial charge in [-0.25, -0.2) is 0 Å². The van der Waals surface area contributed by atoms with Crippen LogP contribution in [0.25, 0.3) is 0 Å². The fourth-order valence-electron chi connectivity index (χ4n) is 1.05. The van der Waals surface area contributed by atoms with Crippen molar-refractivity contribution in [1.29, 1.82) is 0 Å². The van der Waals surface area contributed by atoms with Gasteiger partial charge in [-0.2, -0.15) is 0 Å². The summed E-state index contributed by atoms with van der Waals surface area (Å²) in [6, 6.07) is -0.0139. The molecule has 0 aliphatic rings. The molecule has 2 heteroatoms. The molecule has 0 fully saturated rings. The highest BCUT2D eigenvalue weighted by molar-refractivity contribution is 5.03. The molecular weight excluding hydrogens is 138 g/mol. The van der Waals surface area contributed by atoms with E-state index >= 15 is 0 Å². The summed E-state index contributed by atoms with van der Waals surface area (Å²) in [7, 11) is 1.70. The number of methoxy groups -OCH3 is 1. The molecule has 11 heavy (non-hydrogen) atoms. The molecule has 0 aromatic carbocycles. The smallest absolute Gasteiger partial charge is 0.0760 e. The summed E-state index contributed by atoms with van der Waals surface area (Å²) in [5.74, 6) is 0. The highest BCUT2D eigenvalue weighted by atomic mass is 16.5. The second-order valence-electron chi connectivity index (χ2n) is 2.93. The zero-order valence-electron chi connectivity index (χ0n) is 7.76. The molecular formula is C9H19NO. The topological polar surface area (TPSA) is 35.2 Å². The average molecular weight is 157 g/mol. The van der Waals surface area contributed by atoms with Gasteiger partial charge in [0.05, 0.1) is 12.1 Å². The van der Waals surface area contributed by atoms with E-state index in [0.29, 0.717) is 0 Å². The van der Waals surface area contributed by atoms with Gasteiger partial charge in [0, 0.05) is 7.11 Å². The molecule has 0 rings (SSSR count). The Balaban J connectivity index is 3.91. The molecule has 0 aliphatic carbocycles. The molecule has 2 atom stereocenters.